The summed E-state index contributed by atoms with van der Waals surface area (Å²) in [5, 5.41) is 16.3. The Hall–Kier alpha value is -0.830. The van der Waals surface area contributed by atoms with Gasteiger partial charge in [-0.2, -0.15) is 5.10 Å². The van der Waals surface area contributed by atoms with Crippen molar-refractivity contribution >= 4 is 0 Å². The number of hydrogen-bond donors (Lipinski definition) is 2. The van der Waals surface area contributed by atoms with Gasteiger partial charge in [0.15, 0.2) is 0 Å². The molecule has 78 valence electrons. The fourth-order valence-electron chi connectivity index (χ4n) is 1.80. The molecule has 1 aromatic heterocycles. The van der Waals surface area contributed by atoms with Gasteiger partial charge in [0.1, 0.15) is 0 Å². The Bertz CT molecular complexity index is 277. The van der Waals surface area contributed by atoms with E-state index in [-0.39, 0.29) is 6.10 Å². The van der Waals surface area contributed by atoms with Crippen molar-refractivity contribution in [2.24, 2.45) is 5.41 Å². The third-order valence-electron chi connectivity index (χ3n) is 3.27. The lowest BCUT2D eigenvalue weighted by molar-refractivity contribution is 0.161. The Morgan fingerprint density at radius 2 is 2.43 bits per heavy atom. The highest BCUT2D eigenvalue weighted by molar-refractivity contribution is 5.06. The summed E-state index contributed by atoms with van der Waals surface area (Å²) in [5.74, 6) is 0. The zero-order valence-corrected chi connectivity index (χ0v) is 8.66. The lowest BCUT2D eigenvalue weighted by Crippen LogP contribution is -1.98. The lowest BCUT2D eigenvalue weighted by atomic mass is 9.99. The Morgan fingerprint density at radius 3 is 3.00 bits per heavy atom. The molecule has 0 amide bonds. The molecule has 0 aromatic carbocycles. The molecule has 0 radical (unpaired) electrons. The average Bonchev–Trinajstić information content (AvgIpc) is 2.72. The maximum absolute atomic E-state index is 9.77. The maximum atomic E-state index is 9.77. The van der Waals surface area contributed by atoms with Crippen LogP contribution < -0.4 is 0 Å². The maximum Gasteiger partial charge on any atom is 0.0820 e. The molecule has 1 heterocycles. The predicted molar refractivity (Wildman–Crippen MR) is 54.7 cm³/mol. The van der Waals surface area contributed by atoms with Crippen LogP contribution in [0.2, 0.25) is 0 Å². The van der Waals surface area contributed by atoms with E-state index in [1.165, 1.54) is 19.3 Å². The molecule has 14 heavy (non-hydrogen) atoms. The number of hydrogen-bond acceptors (Lipinski definition) is 2. The number of aliphatic hydroxyl groups excluding tert-OH is 1. The van der Waals surface area contributed by atoms with E-state index in [2.05, 4.69) is 17.1 Å². The van der Waals surface area contributed by atoms with Crippen molar-refractivity contribution in [2.45, 2.75) is 45.1 Å². The van der Waals surface area contributed by atoms with Crippen LogP contribution in [0.4, 0.5) is 0 Å². The van der Waals surface area contributed by atoms with Gasteiger partial charge in [-0.1, -0.05) is 6.92 Å². The molecule has 1 aliphatic carbocycles. The summed E-state index contributed by atoms with van der Waals surface area (Å²) in [6.07, 6.45) is 9.09. The third-order valence-corrected chi connectivity index (χ3v) is 3.27. The molecule has 0 bridgehead atoms. The Morgan fingerprint density at radius 1 is 1.64 bits per heavy atom. The summed E-state index contributed by atoms with van der Waals surface area (Å²) in [6.45, 7) is 2.33. The van der Waals surface area contributed by atoms with Crippen LogP contribution in [-0.4, -0.2) is 15.3 Å². The number of aromatic nitrogens is 2. The highest BCUT2D eigenvalue weighted by Gasteiger charge is 2.36. The van der Waals surface area contributed by atoms with Crippen molar-refractivity contribution in [2.75, 3.05) is 0 Å². The van der Waals surface area contributed by atoms with E-state index >= 15 is 0 Å². The van der Waals surface area contributed by atoms with Gasteiger partial charge < -0.3 is 5.11 Å². The van der Waals surface area contributed by atoms with Gasteiger partial charge in [-0.05, 0) is 37.5 Å². The second kappa shape index (κ2) is 3.73. The summed E-state index contributed by atoms with van der Waals surface area (Å²) in [7, 11) is 0. The normalized spacial score (nSPS) is 20.7. The van der Waals surface area contributed by atoms with Gasteiger partial charge in [-0.3, -0.25) is 5.10 Å². The first kappa shape index (κ1) is 9.71. The average molecular weight is 194 g/mol. The molecule has 1 aromatic rings. The van der Waals surface area contributed by atoms with Crippen molar-refractivity contribution in [3.05, 3.63) is 18.0 Å². The van der Waals surface area contributed by atoms with E-state index in [0.29, 0.717) is 5.41 Å². The second-order valence-electron chi connectivity index (χ2n) is 4.75. The van der Waals surface area contributed by atoms with E-state index in [1.807, 2.05) is 0 Å². The van der Waals surface area contributed by atoms with Gasteiger partial charge in [0, 0.05) is 11.8 Å². The van der Waals surface area contributed by atoms with Crippen LogP contribution in [0.5, 0.6) is 0 Å². The van der Waals surface area contributed by atoms with Crippen LogP contribution in [-0.2, 0) is 0 Å². The minimum atomic E-state index is -0.337. The van der Waals surface area contributed by atoms with Crippen LogP contribution in [0.15, 0.2) is 12.4 Å². The van der Waals surface area contributed by atoms with Crippen molar-refractivity contribution in [3.63, 3.8) is 0 Å². The van der Waals surface area contributed by atoms with E-state index in [4.69, 9.17) is 0 Å². The minimum Gasteiger partial charge on any atom is -0.388 e. The molecule has 0 spiro atoms. The molecule has 0 saturated heterocycles. The fraction of sp³-hybridized carbons (Fsp3) is 0.727. The molecule has 2 rings (SSSR count). The zero-order valence-electron chi connectivity index (χ0n) is 8.66. The van der Waals surface area contributed by atoms with Crippen molar-refractivity contribution in [1.29, 1.82) is 0 Å². The molecule has 1 aliphatic rings. The summed E-state index contributed by atoms with van der Waals surface area (Å²) >= 11 is 0. The summed E-state index contributed by atoms with van der Waals surface area (Å²) in [6, 6.07) is 0. The highest BCUT2D eigenvalue weighted by Crippen LogP contribution is 2.49. The first-order valence-electron chi connectivity index (χ1n) is 5.36. The van der Waals surface area contributed by atoms with E-state index < -0.39 is 0 Å². The lowest BCUT2D eigenvalue weighted by Gasteiger charge is -2.10. The molecule has 1 unspecified atom stereocenters. The van der Waals surface area contributed by atoms with Crippen LogP contribution in [0.3, 0.4) is 0 Å². The second-order valence-corrected chi connectivity index (χ2v) is 4.75. The number of rotatable bonds is 5. The first-order chi connectivity index (χ1) is 6.70. The largest absolute Gasteiger partial charge is 0.388 e. The van der Waals surface area contributed by atoms with Crippen LogP contribution in [0, 0.1) is 5.41 Å². The van der Waals surface area contributed by atoms with Gasteiger partial charge in [-0.15, -0.1) is 0 Å². The third kappa shape index (κ3) is 2.35. The molecule has 0 aliphatic heterocycles. The number of aliphatic hydroxyl groups is 1. The number of H-pyrrole nitrogens is 1. The molecule has 1 fully saturated rings. The van der Waals surface area contributed by atoms with E-state index in [0.717, 1.165) is 18.4 Å². The molecular weight excluding hydrogens is 176 g/mol. The Balaban J connectivity index is 1.70. The summed E-state index contributed by atoms with van der Waals surface area (Å²) in [4.78, 5) is 0. The van der Waals surface area contributed by atoms with Crippen LogP contribution in [0.1, 0.15) is 50.7 Å². The monoisotopic (exact) mass is 194 g/mol. The molecule has 1 atom stereocenters. The molecular formula is C11H18N2O. The topological polar surface area (TPSA) is 48.9 Å². The first-order valence-corrected chi connectivity index (χ1v) is 5.36. The molecule has 2 N–H and O–H groups in total. The van der Waals surface area contributed by atoms with Gasteiger partial charge in [0.2, 0.25) is 0 Å². The van der Waals surface area contributed by atoms with Crippen molar-refractivity contribution < 1.29 is 5.11 Å². The van der Waals surface area contributed by atoms with Gasteiger partial charge in [-0.25, -0.2) is 0 Å². The fourth-order valence-corrected chi connectivity index (χ4v) is 1.80. The molecule has 3 nitrogen and oxygen atoms in total. The summed E-state index contributed by atoms with van der Waals surface area (Å²) in [5.41, 5.74) is 1.52. The van der Waals surface area contributed by atoms with E-state index in [1.54, 1.807) is 12.4 Å². The zero-order chi connectivity index (χ0) is 10.0. The number of nitrogens with zero attached hydrogens (tertiary/aromatic N) is 1. The minimum absolute atomic E-state index is 0.337. The van der Waals surface area contributed by atoms with Crippen molar-refractivity contribution in [1.82, 2.24) is 10.2 Å². The predicted octanol–water partition coefficient (Wildman–Crippen LogP) is 2.41. The van der Waals surface area contributed by atoms with Crippen molar-refractivity contribution in [3.8, 4) is 0 Å². The highest BCUT2D eigenvalue weighted by atomic mass is 16.3. The van der Waals surface area contributed by atoms with Gasteiger partial charge in [0.25, 0.3) is 0 Å². The Labute approximate surface area is 84.5 Å². The van der Waals surface area contributed by atoms with Crippen LogP contribution >= 0.6 is 0 Å². The number of nitrogens with one attached hydrogen (secondary N) is 1. The summed E-state index contributed by atoms with van der Waals surface area (Å²) < 4.78 is 0. The smallest absolute Gasteiger partial charge is 0.0820 e. The Kier molecular flexibility index (Phi) is 2.59. The van der Waals surface area contributed by atoms with Gasteiger partial charge >= 0.3 is 0 Å². The van der Waals surface area contributed by atoms with E-state index in [9.17, 15) is 5.11 Å². The standard InChI is InChI=1S/C11H18N2O/c1-11(5-6-11)4-2-3-10(14)9-7-12-13-8-9/h7-8,10,14H,2-6H2,1H3,(H,12,13). The SMILES string of the molecule is CC1(CCCC(O)c2cn[nH]c2)CC1. The van der Waals surface area contributed by atoms with Crippen LogP contribution in [0.25, 0.3) is 0 Å². The quantitative estimate of drug-likeness (QED) is 0.756. The van der Waals surface area contributed by atoms with Gasteiger partial charge in [0.05, 0.1) is 12.3 Å². The molecule has 3 heteroatoms. The molecule has 1 saturated carbocycles. The number of aromatic amines is 1.